The Morgan fingerprint density at radius 3 is 2.36 bits per heavy atom. The van der Waals surface area contributed by atoms with Crippen LogP contribution in [0.2, 0.25) is 0 Å². The zero-order valence-electron chi connectivity index (χ0n) is 19.6. The van der Waals surface area contributed by atoms with Crippen LogP contribution in [0.3, 0.4) is 0 Å². The van der Waals surface area contributed by atoms with Crippen molar-refractivity contribution in [1.29, 1.82) is 5.26 Å². The van der Waals surface area contributed by atoms with Gasteiger partial charge in [0.25, 0.3) is 0 Å². The third kappa shape index (κ3) is 3.79. The van der Waals surface area contributed by atoms with Crippen molar-refractivity contribution in [2.24, 2.45) is 0 Å². The number of hydrogen-bond acceptors (Lipinski definition) is 6. The van der Waals surface area contributed by atoms with Gasteiger partial charge in [0.15, 0.2) is 0 Å². The topological polar surface area (TPSA) is 106 Å². The molecule has 2 aromatic carbocycles. The maximum atomic E-state index is 13.4. The first-order valence-corrected chi connectivity index (χ1v) is 11.0. The summed E-state index contributed by atoms with van der Waals surface area (Å²) in [6.45, 7) is 5.53. The molecule has 0 radical (unpaired) electrons. The minimum Gasteiger partial charge on any atom is -0.383 e. The van der Waals surface area contributed by atoms with Crippen LogP contribution in [0.25, 0.3) is 38.9 Å². The molecule has 10 heteroatoms. The summed E-state index contributed by atoms with van der Waals surface area (Å²) in [6.07, 6.45) is -3.31. The maximum absolute atomic E-state index is 13.4. The molecule has 0 aliphatic carbocycles. The Balaban J connectivity index is 1.71. The summed E-state index contributed by atoms with van der Waals surface area (Å²) in [4.78, 5) is 8.30. The third-order valence-corrected chi connectivity index (χ3v) is 6.21. The molecule has 0 atom stereocenters. The predicted molar refractivity (Wildman–Crippen MR) is 130 cm³/mol. The van der Waals surface area contributed by atoms with E-state index in [1.165, 1.54) is 6.20 Å². The van der Waals surface area contributed by atoms with Crippen molar-refractivity contribution in [2.45, 2.75) is 32.4 Å². The minimum atomic E-state index is -4.62. The maximum Gasteiger partial charge on any atom is 0.419 e. The van der Waals surface area contributed by atoms with Gasteiger partial charge in [-0.05, 0) is 62.2 Å². The molecule has 0 aliphatic heterocycles. The lowest BCUT2D eigenvalue weighted by Crippen LogP contribution is -2.13. The number of halogens is 3. The molecule has 0 amide bonds. The second-order valence-electron chi connectivity index (χ2n) is 9.04. The monoisotopic (exact) mass is 487 g/mol. The third-order valence-electron chi connectivity index (χ3n) is 6.21. The molecular formula is C26H20F3N7. The Hall–Kier alpha value is -4.52. The van der Waals surface area contributed by atoms with Crippen LogP contribution in [0.15, 0.2) is 54.7 Å². The predicted octanol–water partition coefficient (Wildman–Crippen LogP) is 5.74. The number of alkyl halides is 3. The number of anilines is 1. The van der Waals surface area contributed by atoms with Crippen LogP contribution in [0.5, 0.6) is 0 Å². The van der Waals surface area contributed by atoms with Crippen LogP contribution in [0.4, 0.5) is 19.0 Å². The smallest absolute Gasteiger partial charge is 0.383 e. The standard InChI is InChI=1S/C26H20F3N7/c1-14-33-24-22(36(14)18-7-5-17(6-8-18)25(2,3)13-30)19-10-15(4-9-21(19)34-35-24)16-11-20(26(27,28)29)23(31)32-12-16/h4-12H,1-3H3,(H2,31,32). The number of nitrogens with zero attached hydrogens (tertiary/aromatic N) is 6. The zero-order chi connectivity index (χ0) is 25.8. The van der Waals surface area contributed by atoms with E-state index in [-0.39, 0.29) is 5.56 Å². The van der Waals surface area contributed by atoms with E-state index in [4.69, 9.17) is 5.73 Å². The number of nitriles is 1. The molecule has 0 unspecified atom stereocenters. The van der Waals surface area contributed by atoms with Gasteiger partial charge in [0.2, 0.25) is 5.65 Å². The molecule has 0 saturated heterocycles. The van der Waals surface area contributed by atoms with Crippen LogP contribution in [-0.2, 0) is 11.6 Å². The van der Waals surface area contributed by atoms with Gasteiger partial charge in [0.05, 0.1) is 22.6 Å². The van der Waals surface area contributed by atoms with Gasteiger partial charge in [-0.1, -0.05) is 18.2 Å². The fraction of sp³-hybridized carbons (Fsp3) is 0.192. The van der Waals surface area contributed by atoms with E-state index in [2.05, 4.69) is 26.2 Å². The van der Waals surface area contributed by atoms with Crippen LogP contribution in [-0.4, -0.2) is 24.7 Å². The second-order valence-corrected chi connectivity index (χ2v) is 9.04. The Morgan fingerprint density at radius 1 is 0.972 bits per heavy atom. The number of hydrogen-bond donors (Lipinski definition) is 1. The van der Waals surface area contributed by atoms with E-state index >= 15 is 0 Å². The van der Waals surface area contributed by atoms with Crippen molar-refractivity contribution in [3.63, 3.8) is 0 Å². The van der Waals surface area contributed by atoms with Gasteiger partial charge in [-0.15, -0.1) is 10.2 Å². The fourth-order valence-electron chi connectivity index (χ4n) is 4.19. The number of aryl methyl sites for hydroxylation is 1. The van der Waals surface area contributed by atoms with Crippen LogP contribution >= 0.6 is 0 Å². The minimum absolute atomic E-state index is 0.272. The lowest BCUT2D eigenvalue weighted by atomic mass is 9.86. The number of benzene rings is 2. The van der Waals surface area contributed by atoms with E-state index < -0.39 is 23.0 Å². The van der Waals surface area contributed by atoms with Crippen molar-refractivity contribution >= 4 is 27.9 Å². The number of fused-ring (bicyclic) bond motifs is 3. The van der Waals surface area contributed by atoms with Gasteiger partial charge >= 0.3 is 6.18 Å². The van der Waals surface area contributed by atoms with Crippen LogP contribution in [0, 0.1) is 18.3 Å². The Morgan fingerprint density at radius 2 is 1.69 bits per heavy atom. The zero-order valence-corrected chi connectivity index (χ0v) is 19.6. The van der Waals surface area contributed by atoms with E-state index in [1.807, 2.05) is 49.6 Å². The SMILES string of the molecule is Cc1nc2nnc3ccc(-c4cnc(N)c(C(F)(F)F)c4)cc3c2n1-c1ccc(C(C)(C)C#N)cc1. The molecule has 0 aliphatic rings. The molecule has 0 spiro atoms. The van der Waals surface area contributed by atoms with Crippen molar-refractivity contribution in [3.8, 4) is 22.9 Å². The Labute approximate surface area is 204 Å². The average molecular weight is 487 g/mol. The quantitative estimate of drug-likeness (QED) is 0.348. The summed E-state index contributed by atoms with van der Waals surface area (Å²) in [5, 5.41) is 18.6. The molecule has 5 aromatic rings. The molecule has 0 bridgehead atoms. The number of nitrogens with two attached hydrogens (primary N) is 1. The van der Waals surface area contributed by atoms with E-state index in [9.17, 15) is 18.4 Å². The summed E-state index contributed by atoms with van der Waals surface area (Å²) in [6, 6.07) is 16.0. The molecule has 5 rings (SSSR count). The molecule has 3 aromatic heterocycles. The van der Waals surface area contributed by atoms with Gasteiger partial charge in [-0.25, -0.2) is 9.97 Å². The highest BCUT2D eigenvalue weighted by molar-refractivity contribution is 6.03. The summed E-state index contributed by atoms with van der Waals surface area (Å²) in [5.41, 5.74) is 7.96. The molecule has 2 N–H and O–H groups in total. The van der Waals surface area contributed by atoms with E-state index in [0.29, 0.717) is 33.5 Å². The number of nitrogen functional groups attached to an aromatic ring is 1. The fourth-order valence-corrected chi connectivity index (χ4v) is 4.19. The highest BCUT2D eigenvalue weighted by atomic mass is 19.4. The largest absolute Gasteiger partial charge is 0.419 e. The van der Waals surface area contributed by atoms with Gasteiger partial charge < -0.3 is 5.73 Å². The summed E-state index contributed by atoms with van der Waals surface area (Å²) < 4.78 is 42.1. The van der Waals surface area contributed by atoms with Gasteiger partial charge in [-0.2, -0.15) is 18.4 Å². The normalized spacial score (nSPS) is 12.2. The lowest BCUT2D eigenvalue weighted by molar-refractivity contribution is -0.137. The van der Waals surface area contributed by atoms with Crippen LogP contribution in [0.1, 0.15) is 30.8 Å². The Kier molecular flexibility index (Phi) is 5.17. The number of imidazole rings is 1. The molecule has 7 nitrogen and oxygen atoms in total. The first-order chi connectivity index (χ1) is 17.0. The highest BCUT2D eigenvalue weighted by Crippen LogP contribution is 2.36. The molecular weight excluding hydrogens is 467 g/mol. The summed E-state index contributed by atoms with van der Waals surface area (Å²) in [5.74, 6) is 0.0926. The lowest BCUT2D eigenvalue weighted by Gasteiger charge is -2.17. The molecule has 0 saturated carbocycles. The Bertz CT molecular complexity index is 1680. The number of rotatable bonds is 3. The summed E-state index contributed by atoms with van der Waals surface area (Å²) in [7, 11) is 0. The van der Waals surface area contributed by atoms with Crippen molar-refractivity contribution in [1.82, 2.24) is 24.7 Å². The average Bonchev–Trinajstić information content (AvgIpc) is 3.19. The number of pyridine rings is 1. The van der Waals surface area contributed by atoms with Gasteiger partial charge in [0.1, 0.15) is 17.2 Å². The molecule has 3 heterocycles. The summed E-state index contributed by atoms with van der Waals surface area (Å²) >= 11 is 0. The van der Waals surface area contributed by atoms with E-state index in [1.54, 1.807) is 18.2 Å². The number of aromatic nitrogens is 5. The van der Waals surface area contributed by atoms with Crippen LogP contribution < -0.4 is 5.73 Å². The van der Waals surface area contributed by atoms with Gasteiger partial charge in [0, 0.05) is 22.8 Å². The molecule has 0 fully saturated rings. The first kappa shape index (κ1) is 23.2. The van der Waals surface area contributed by atoms with Crippen molar-refractivity contribution < 1.29 is 13.2 Å². The van der Waals surface area contributed by atoms with Crippen molar-refractivity contribution in [3.05, 3.63) is 71.7 Å². The first-order valence-electron chi connectivity index (χ1n) is 11.0. The molecule has 36 heavy (non-hydrogen) atoms. The second kappa shape index (κ2) is 8.02. The van der Waals surface area contributed by atoms with Gasteiger partial charge in [-0.3, -0.25) is 4.57 Å². The molecule has 180 valence electrons. The highest BCUT2D eigenvalue weighted by Gasteiger charge is 2.34. The van der Waals surface area contributed by atoms with Crippen molar-refractivity contribution in [2.75, 3.05) is 5.73 Å². The van der Waals surface area contributed by atoms with E-state index in [0.717, 1.165) is 17.3 Å².